The Morgan fingerprint density at radius 3 is 2.39 bits per heavy atom. The molecule has 0 bridgehead atoms. The summed E-state index contributed by atoms with van der Waals surface area (Å²) in [6.45, 7) is 13.0. The second-order valence-electron chi connectivity index (χ2n) is 5.09. The zero-order valence-electron chi connectivity index (χ0n) is 12.4. The minimum atomic E-state index is -0.0166. The van der Waals surface area contributed by atoms with E-state index in [1.165, 1.54) is 5.56 Å². The molecule has 1 heterocycles. The van der Waals surface area contributed by atoms with Crippen LogP contribution in [-0.2, 0) is 0 Å². The third-order valence-corrected chi connectivity index (χ3v) is 4.29. The highest BCUT2D eigenvalue weighted by atomic mass is 15.2. The Balaban J connectivity index is 3.12. The van der Waals surface area contributed by atoms with Gasteiger partial charge in [0.05, 0.1) is 0 Å². The lowest BCUT2D eigenvalue weighted by atomic mass is 9.82. The minimum absolute atomic E-state index is 0.00361. The summed E-state index contributed by atoms with van der Waals surface area (Å²) in [6.07, 6.45) is 4.77. The molecule has 0 spiro atoms. The molecule has 0 aromatic carbocycles. The van der Waals surface area contributed by atoms with Crippen LogP contribution >= 0.6 is 0 Å². The first kappa shape index (κ1) is 15.1. The van der Waals surface area contributed by atoms with Crippen molar-refractivity contribution in [2.24, 2.45) is 5.73 Å². The maximum Gasteiger partial charge on any atom is 0.0497 e. The Labute approximate surface area is 111 Å². The largest absolute Gasteiger partial charge is 0.322 e. The van der Waals surface area contributed by atoms with E-state index in [1.807, 2.05) is 18.5 Å². The fourth-order valence-corrected chi connectivity index (χ4v) is 2.72. The number of rotatable bonds is 6. The fraction of sp³-hybridized carbons (Fsp3) is 0.667. The molecule has 0 aliphatic carbocycles. The second kappa shape index (κ2) is 6.30. The number of aromatic nitrogens is 1. The predicted molar refractivity (Wildman–Crippen MR) is 77.5 cm³/mol. The van der Waals surface area contributed by atoms with Crippen LogP contribution in [0.2, 0.25) is 0 Å². The Morgan fingerprint density at radius 2 is 1.94 bits per heavy atom. The van der Waals surface area contributed by atoms with Crippen LogP contribution in [0, 0.1) is 6.92 Å². The van der Waals surface area contributed by atoms with Gasteiger partial charge in [0.15, 0.2) is 0 Å². The maximum atomic E-state index is 6.56. The minimum Gasteiger partial charge on any atom is -0.322 e. The van der Waals surface area contributed by atoms with Crippen molar-refractivity contribution in [3.63, 3.8) is 0 Å². The van der Waals surface area contributed by atoms with Crippen molar-refractivity contribution in [3.05, 3.63) is 29.6 Å². The van der Waals surface area contributed by atoms with E-state index in [1.54, 1.807) is 0 Å². The molecule has 1 rings (SSSR count). The van der Waals surface area contributed by atoms with E-state index in [0.29, 0.717) is 0 Å². The van der Waals surface area contributed by atoms with Crippen LogP contribution in [0.3, 0.4) is 0 Å². The molecule has 0 fully saturated rings. The molecule has 0 radical (unpaired) electrons. The fourth-order valence-electron chi connectivity index (χ4n) is 2.72. The van der Waals surface area contributed by atoms with Crippen molar-refractivity contribution in [3.8, 4) is 0 Å². The van der Waals surface area contributed by atoms with Crippen molar-refractivity contribution in [2.45, 2.75) is 52.6 Å². The first-order chi connectivity index (χ1) is 8.51. The van der Waals surface area contributed by atoms with Crippen LogP contribution < -0.4 is 5.73 Å². The van der Waals surface area contributed by atoms with E-state index in [0.717, 1.165) is 25.1 Å². The number of likely N-dealkylation sites (N-methyl/N-ethyl adjacent to an activating group) is 1. The average molecular weight is 249 g/mol. The molecule has 1 aromatic rings. The number of nitrogens with zero attached hydrogens (tertiary/aromatic N) is 2. The summed E-state index contributed by atoms with van der Waals surface area (Å²) in [4.78, 5) is 6.68. The molecule has 0 saturated heterocycles. The van der Waals surface area contributed by atoms with E-state index in [9.17, 15) is 0 Å². The van der Waals surface area contributed by atoms with Gasteiger partial charge in [0, 0.05) is 24.0 Å². The topological polar surface area (TPSA) is 42.1 Å². The Morgan fingerprint density at radius 1 is 1.33 bits per heavy atom. The van der Waals surface area contributed by atoms with Gasteiger partial charge in [0.1, 0.15) is 0 Å². The Bertz CT molecular complexity index is 374. The van der Waals surface area contributed by atoms with Crippen LogP contribution in [0.4, 0.5) is 0 Å². The Kier molecular flexibility index (Phi) is 5.29. The highest BCUT2D eigenvalue weighted by molar-refractivity contribution is 5.27. The van der Waals surface area contributed by atoms with Gasteiger partial charge in [-0.1, -0.05) is 20.8 Å². The van der Waals surface area contributed by atoms with Crippen molar-refractivity contribution >= 4 is 0 Å². The second-order valence-corrected chi connectivity index (χ2v) is 5.09. The highest BCUT2D eigenvalue weighted by Gasteiger charge is 2.36. The molecule has 2 atom stereocenters. The van der Waals surface area contributed by atoms with E-state index in [2.05, 4.69) is 44.5 Å². The zero-order valence-corrected chi connectivity index (χ0v) is 12.4. The molecular formula is C15H27N3. The lowest BCUT2D eigenvalue weighted by Gasteiger charge is -2.44. The van der Waals surface area contributed by atoms with Gasteiger partial charge in [-0.25, -0.2) is 0 Å². The normalized spacial score (nSPS) is 16.6. The lowest BCUT2D eigenvalue weighted by Crippen LogP contribution is -2.53. The van der Waals surface area contributed by atoms with Crippen LogP contribution in [-0.4, -0.2) is 28.5 Å². The highest BCUT2D eigenvalue weighted by Crippen LogP contribution is 2.33. The van der Waals surface area contributed by atoms with Crippen molar-refractivity contribution in [1.29, 1.82) is 0 Å². The molecule has 2 unspecified atom stereocenters. The quantitative estimate of drug-likeness (QED) is 0.843. The third-order valence-electron chi connectivity index (χ3n) is 4.29. The average Bonchev–Trinajstić information content (AvgIpc) is 2.39. The van der Waals surface area contributed by atoms with Crippen LogP contribution in [0.15, 0.2) is 18.5 Å². The SMILES string of the molecule is CCN(CC)C(C)(CC)C(N)c1cnccc1C. The zero-order chi connectivity index (χ0) is 13.8. The summed E-state index contributed by atoms with van der Waals surface area (Å²) in [5.41, 5.74) is 8.93. The molecule has 3 nitrogen and oxygen atoms in total. The number of pyridine rings is 1. The molecule has 0 aliphatic heterocycles. The van der Waals surface area contributed by atoms with E-state index < -0.39 is 0 Å². The summed E-state index contributed by atoms with van der Waals surface area (Å²) in [6, 6.07) is 2.03. The van der Waals surface area contributed by atoms with Gasteiger partial charge in [-0.05, 0) is 50.6 Å². The van der Waals surface area contributed by atoms with Crippen molar-refractivity contribution in [1.82, 2.24) is 9.88 Å². The molecule has 0 aliphatic rings. The standard InChI is InChI=1S/C15H27N3/c1-6-15(5,18(7-2)8-3)14(16)13-11-17-10-9-12(13)4/h9-11,14H,6-8,16H2,1-5H3. The van der Waals surface area contributed by atoms with Crippen molar-refractivity contribution < 1.29 is 0 Å². The summed E-state index contributed by atoms with van der Waals surface area (Å²) >= 11 is 0. The van der Waals surface area contributed by atoms with Gasteiger partial charge in [-0.15, -0.1) is 0 Å². The molecule has 2 N–H and O–H groups in total. The van der Waals surface area contributed by atoms with Crippen molar-refractivity contribution in [2.75, 3.05) is 13.1 Å². The molecule has 18 heavy (non-hydrogen) atoms. The van der Waals surface area contributed by atoms with Gasteiger partial charge in [0.2, 0.25) is 0 Å². The molecular weight excluding hydrogens is 222 g/mol. The molecule has 1 aromatic heterocycles. The summed E-state index contributed by atoms with van der Waals surface area (Å²) < 4.78 is 0. The van der Waals surface area contributed by atoms with E-state index >= 15 is 0 Å². The number of hydrogen-bond donors (Lipinski definition) is 1. The molecule has 0 amide bonds. The summed E-state index contributed by atoms with van der Waals surface area (Å²) in [7, 11) is 0. The molecule has 0 saturated carbocycles. The van der Waals surface area contributed by atoms with E-state index in [-0.39, 0.29) is 11.6 Å². The third kappa shape index (κ3) is 2.73. The first-order valence-corrected chi connectivity index (χ1v) is 6.92. The van der Waals surface area contributed by atoms with Crippen LogP contribution in [0.25, 0.3) is 0 Å². The molecule has 3 heteroatoms. The smallest absolute Gasteiger partial charge is 0.0497 e. The van der Waals surface area contributed by atoms with Gasteiger partial charge in [-0.2, -0.15) is 0 Å². The van der Waals surface area contributed by atoms with Gasteiger partial charge in [-0.3, -0.25) is 9.88 Å². The lowest BCUT2D eigenvalue weighted by molar-refractivity contribution is 0.0841. The predicted octanol–water partition coefficient (Wildman–Crippen LogP) is 2.90. The molecule has 102 valence electrons. The first-order valence-electron chi connectivity index (χ1n) is 6.92. The van der Waals surface area contributed by atoms with Gasteiger partial charge in [0.25, 0.3) is 0 Å². The number of hydrogen-bond acceptors (Lipinski definition) is 3. The summed E-state index contributed by atoms with van der Waals surface area (Å²) in [5.74, 6) is 0. The van der Waals surface area contributed by atoms with Crippen LogP contribution in [0.1, 0.15) is 51.3 Å². The van der Waals surface area contributed by atoms with Gasteiger partial charge < -0.3 is 5.73 Å². The monoisotopic (exact) mass is 249 g/mol. The van der Waals surface area contributed by atoms with Gasteiger partial charge >= 0.3 is 0 Å². The Hall–Kier alpha value is -0.930. The number of aryl methyl sites for hydroxylation is 1. The number of nitrogens with two attached hydrogens (primary N) is 1. The van der Waals surface area contributed by atoms with Crippen LogP contribution in [0.5, 0.6) is 0 Å². The van der Waals surface area contributed by atoms with E-state index in [4.69, 9.17) is 5.73 Å². The maximum absolute atomic E-state index is 6.56. The summed E-state index contributed by atoms with van der Waals surface area (Å²) in [5, 5.41) is 0.